The number of hydrogen-bond donors (Lipinski definition) is 0. The standard InChI is InChI=1S/C47H31N3/c1-3-14-32(15-4-1)33-28-30-35(31-29-33)38-21-9-10-22-43(38)46-48-45(36-17-5-2-6-18-36)49-47(50-46)44-27-13-25-41-40(24-12-26-42(41)44)39-23-11-19-34-16-7-8-20-37(34)39/h1-31H. The number of aromatic nitrogens is 3. The van der Waals surface area contributed by atoms with Crippen LogP contribution in [0, 0.1) is 0 Å². The molecule has 0 saturated heterocycles. The third-order valence-electron chi connectivity index (χ3n) is 9.38. The predicted molar refractivity (Wildman–Crippen MR) is 207 cm³/mol. The van der Waals surface area contributed by atoms with Crippen LogP contribution in [0.1, 0.15) is 0 Å². The second-order valence-corrected chi connectivity index (χ2v) is 12.4. The van der Waals surface area contributed by atoms with Gasteiger partial charge in [-0.05, 0) is 54.9 Å². The van der Waals surface area contributed by atoms with Crippen LogP contribution in [0.15, 0.2) is 188 Å². The Balaban J connectivity index is 1.22. The normalized spacial score (nSPS) is 11.2. The van der Waals surface area contributed by atoms with Gasteiger partial charge in [-0.25, -0.2) is 15.0 Å². The molecule has 0 bridgehead atoms. The van der Waals surface area contributed by atoms with Crippen molar-refractivity contribution in [3.63, 3.8) is 0 Å². The van der Waals surface area contributed by atoms with Gasteiger partial charge in [-0.15, -0.1) is 0 Å². The van der Waals surface area contributed by atoms with Crippen LogP contribution in [-0.2, 0) is 0 Å². The molecule has 0 aliphatic heterocycles. The number of fused-ring (bicyclic) bond motifs is 2. The molecule has 0 unspecified atom stereocenters. The molecule has 0 spiro atoms. The summed E-state index contributed by atoms with van der Waals surface area (Å²) in [5.74, 6) is 1.92. The van der Waals surface area contributed by atoms with Gasteiger partial charge in [0, 0.05) is 16.7 Å². The van der Waals surface area contributed by atoms with Crippen LogP contribution in [0.5, 0.6) is 0 Å². The predicted octanol–water partition coefficient (Wildman–Crippen LogP) is 12.2. The van der Waals surface area contributed by atoms with Crippen molar-refractivity contribution >= 4 is 21.5 Å². The highest BCUT2D eigenvalue weighted by atomic mass is 15.0. The fraction of sp³-hybridized carbons (Fsp3) is 0. The molecule has 0 saturated carbocycles. The zero-order valence-electron chi connectivity index (χ0n) is 27.2. The number of hydrogen-bond acceptors (Lipinski definition) is 3. The van der Waals surface area contributed by atoms with Gasteiger partial charge in [-0.3, -0.25) is 0 Å². The smallest absolute Gasteiger partial charge is 0.164 e. The van der Waals surface area contributed by atoms with E-state index in [1.54, 1.807) is 0 Å². The van der Waals surface area contributed by atoms with Gasteiger partial charge >= 0.3 is 0 Å². The Hall–Kier alpha value is -6.71. The molecule has 8 aromatic carbocycles. The second-order valence-electron chi connectivity index (χ2n) is 12.4. The van der Waals surface area contributed by atoms with Gasteiger partial charge in [0.2, 0.25) is 0 Å². The summed E-state index contributed by atoms with van der Waals surface area (Å²) in [6.07, 6.45) is 0. The van der Waals surface area contributed by atoms with E-state index >= 15 is 0 Å². The van der Waals surface area contributed by atoms with E-state index in [4.69, 9.17) is 15.0 Å². The summed E-state index contributed by atoms with van der Waals surface area (Å²) < 4.78 is 0. The number of benzene rings is 8. The molecule has 9 rings (SSSR count). The fourth-order valence-electron chi connectivity index (χ4n) is 6.94. The van der Waals surface area contributed by atoms with E-state index in [0.29, 0.717) is 17.5 Å². The topological polar surface area (TPSA) is 38.7 Å². The molecule has 50 heavy (non-hydrogen) atoms. The highest BCUT2D eigenvalue weighted by Gasteiger charge is 2.18. The lowest BCUT2D eigenvalue weighted by Crippen LogP contribution is -2.01. The maximum atomic E-state index is 5.23. The van der Waals surface area contributed by atoms with Crippen LogP contribution in [0.4, 0.5) is 0 Å². The molecule has 0 fully saturated rings. The van der Waals surface area contributed by atoms with Gasteiger partial charge < -0.3 is 0 Å². The molecule has 3 nitrogen and oxygen atoms in total. The monoisotopic (exact) mass is 637 g/mol. The highest BCUT2D eigenvalue weighted by molar-refractivity contribution is 6.08. The van der Waals surface area contributed by atoms with Crippen LogP contribution in [0.2, 0.25) is 0 Å². The first-order chi connectivity index (χ1) is 24.8. The SMILES string of the molecule is c1ccc(-c2ccc(-c3ccccc3-c3nc(-c4ccccc4)nc(-c4cccc5c(-c6cccc7ccccc67)cccc45)n3)cc2)cc1. The lowest BCUT2D eigenvalue weighted by Gasteiger charge is -2.15. The van der Waals surface area contributed by atoms with Crippen LogP contribution < -0.4 is 0 Å². The quantitative estimate of drug-likeness (QED) is 0.182. The van der Waals surface area contributed by atoms with Crippen LogP contribution in [0.25, 0.3) is 89.1 Å². The molecule has 0 N–H and O–H groups in total. The first-order valence-corrected chi connectivity index (χ1v) is 16.9. The van der Waals surface area contributed by atoms with Gasteiger partial charge in [-0.1, -0.05) is 188 Å². The van der Waals surface area contributed by atoms with E-state index in [1.807, 2.05) is 24.3 Å². The fourth-order valence-corrected chi connectivity index (χ4v) is 6.94. The molecule has 9 aromatic rings. The van der Waals surface area contributed by atoms with Crippen molar-refractivity contribution in [2.24, 2.45) is 0 Å². The summed E-state index contributed by atoms with van der Waals surface area (Å²) in [5, 5.41) is 4.71. The zero-order valence-corrected chi connectivity index (χ0v) is 27.2. The van der Waals surface area contributed by atoms with Gasteiger partial charge in [-0.2, -0.15) is 0 Å². The molecule has 0 aliphatic carbocycles. The molecule has 0 amide bonds. The second kappa shape index (κ2) is 12.7. The molecular formula is C47H31N3. The Morgan fingerprint density at radius 3 is 1.38 bits per heavy atom. The van der Waals surface area contributed by atoms with E-state index in [9.17, 15) is 0 Å². The van der Waals surface area contributed by atoms with E-state index in [-0.39, 0.29) is 0 Å². The molecular weight excluding hydrogens is 607 g/mol. The molecule has 234 valence electrons. The maximum absolute atomic E-state index is 5.23. The minimum atomic E-state index is 0.638. The molecule has 1 aromatic heterocycles. The van der Waals surface area contributed by atoms with Crippen molar-refractivity contribution < 1.29 is 0 Å². The van der Waals surface area contributed by atoms with Crippen molar-refractivity contribution in [2.75, 3.05) is 0 Å². The van der Waals surface area contributed by atoms with Crippen molar-refractivity contribution in [1.29, 1.82) is 0 Å². The number of nitrogens with zero attached hydrogens (tertiary/aromatic N) is 3. The lowest BCUT2D eigenvalue weighted by molar-refractivity contribution is 1.08. The molecule has 1 heterocycles. The van der Waals surface area contributed by atoms with Gasteiger partial charge in [0.15, 0.2) is 17.5 Å². The van der Waals surface area contributed by atoms with E-state index in [2.05, 4.69) is 164 Å². The first-order valence-electron chi connectivity index (χ1n) is 16.9. The van der Waals surface area contributed by atoms with Crippen LogP contribution in [0.3, 0.4) is 0 Å². The molecule has 0 atom stereocenters. The molecule has 0 aliphatic rings. The lowest BCUT2D eigenvalue weighted by atomic mass is 9.92. The van der Waals surface area contributed by atoms with Crippen LogP contribution >= 0.6 is 0 Å². The Morgan fingerprint density at radius 1 is 0.220 bits per heavy atom. The summed E-state index contributed by atoms with van der Waals surface area (Å²) in [5.41, 5.74) is 9.81. The molecule has 3 heteroatoms. The Labute approximate surface area is 291 Å². The molecule has 0 radical (unpaired) electrons. The largest absolute Gasteiger partial charge is 0.208 e. The van der Waals surface area contributed by atoms with Crippen molar-refractivity contribution in [3.8, 4) is 67.5 Å². The Bertz CT molecular complexity index is 2620. The van der Waals surface area contributed by atoms with Crippen LogP contribution in [-0.4, -0.2) is 15.0 Å². The van der Waals surface area contributed by atoms with Crippen molar-refractivity contribution in [1.82, 2.24) is 15.0 Å². The summed E-state index contributed by atoms with van der Waals surface area (Å²) in [7, 11) is 0. The summed E-state index contributed by atoms with van der Waals surface area (Å²) in [6, 6.07) is 65.8. The maximum Gasteiger partial charge on any atom is 0.164 e. The minimum Gasteiger partial charge on any atom is -0.208 e. The van der Waals surface area contributed by atoms with E-state index < -0.39 is 0 Å². The van der Waals surface area contributed by atoms with Gasteiger partial charge in [0.05, 0.1) is 0 Å². The third-order valence-corrected chi connectivity index (χ3v) is 9.38. The van der Waals surface area contributed by atoms with E-state index in [1.165, 1.54) is 33.0 Å². The zero-order chi connectivity index (χ0) is 33.3. The Morgan fingerprint density at radius 2 is 0.640 bits per heavy atom. The third kappa shape index (κ3) is 5.41. The van der Waals surface area contributed by atoms with Crippen molar-refractivity contribution in [2.45, 2.75) is 0 Å². The average Bonchev–Trinajstić information content (AvgIpc) is 3.21. The highest BCUT2D eigenvalue weighted by Crippen LogP contribution is 2.38. The minimum absolute atomic E-state index is 0.638. The van der Waals surface area contributed by atoms with Crippen molar-refractivity contribution in [3.05, 3.63) is 188 Å². The summed E-state index contributed by atoms with van der Waals surface area (Å²) in [6.45, 7) is 0. The summed E-state index contributed by atoms with van der Waals surface area (Å²) in [4.78, 5) is 15.5. The van der Waals surface area contributed by atoms with Gasteiger partial charge in [0.25, 0.3) is 0 Å². The van der Waals surface area contributed by atoms with Gasteiger partial charge in [0.1, 0.15) is 0 Å². The number of rotatable bonds is 6. The average molecular weight is 638 g/mol. The van der Waals surface area contributed by atoms with E-state index in [0.717, 1.165) is 38.6 Å². The first kappa shape index (κ1) is 29.4. The summed E-state index contributed by atoms with van der Waals surface area (Å²) >= 11 is 0. The Kier molecular flexibility index (Phi) is 7.49.